The summed E-state index contributed by atoms with van der Waals surface area (Å²) in [5, 5.41) is 9.93. The summed E-state index contributed by atoms with van der Waals surface area (Å²) in [5.74, 6) is 0.987. The van der Waals surface area contributed by atoms with Gasteiger partial charge in [0.25, 0.3) is 0 Å². The van der Waals surface area contributed by atoms with Crippen molar-refractivity contribution in [2.75, 3.05) is 0 Å². The number of aliphatic hydroxyl groups is 1. The van der Waals surface area contributed by atoms with E-state index >= 15 is 0 Å². The van der Waals surface area contributed by atoms with Gasteiger partial charge in [-0.05, 0) is 12.8 Å². The number of aryl methyl sites for hydroxylation is 1. The van der Waals surface area contributed by atoms with E-state index in [9.17, 15) is 5.11 Å². The van der Waals surface area contributed by atoms with Crippen LogP contribution >= 0.6 is 12.4 Å². The summed E-state index contributed by atoms with van der Waals surface area (Å²) in [6.07, 6.45) is 1.22. The van der Waals surface area contributed by atoms with Gasteiger partial charge in [0.1, 0.15) is 5.82 Å². The Morgan fingerprint density at radius 2 is 1.78 bits per heavy atom. The lowest BCUT2D eigenvalue weighted by atomic mass is 10.1. The van der Waals surface area contributed by atoms with Gasteiger partial charge in [0.15, 0.2) is 0 Å². The zero-order chi connectivity index (χ0) is 12.4. The molecule has 0 bridgehead atoms. The number of hydrogen-bond donors (Lipinski definition) is 2. The first kappa shape index (κ1) is 14.7. The van der Waals surface area contributed by atoms with Crippen LogP contribution in [0, 0.1) is 12.8 Å². The Morgan fingerprint density at radius 1 is 1.17 bits per heavy atom. The fraction of sp³-hybridized carbons (Fsp3) is 0.357. The molecule has 2 rings (SSSR count). The third-order valence-corrected chi connectivity index (χ3v) is 2.87. The highest BCUT2D eigenvalue weighted by molar-refractivity contribution is 5.85. The van der Waals surface area contributed by atoms with Crippen molar-refractivity contribution in [3.8, 4) is 11.4 Å². The van der Waals surface area contributed by atoms with E-state index < -0.39 is 6.10 Å². The van der Waals surface area contributed by atoms with Crippen LogP contribution in [-0.4, -0.2) is 15.1 Å². The molecule has 0 saturated carbocycles. The molecular weight excluding hydrogens is 248 g/mol. The number of benzene rings is 1. The fourth-order valence-corrected chi connectivity index (χ4v) is 1.70. The SMILES string of the molecule is Cc1ccc(-c2ncc(C(O)C(C)C)[nH]2)cc1.Cl. The maximum atomic E-state index is 9.93. The molecule has 2 aromatic rings. The summed E-state index contributed by atoms with van der Waals surface area (Å²) in [4.78, 5) is 7.47. The first-order chi connectivity index (χ1) is 8.08. The Labute approximate surface area is 114 Å². The highest BCUT2D eigenvalue weighted by Crippen LogP contribution is 2.23. The summed E-state index contributed by atoms with van der Waals surface area (Å²) in [7, 11) is 0. The normalized spacial score (nSPS) is 12.3. The first-order valence-electron chi connectivity index (χ1n) is 5.88. The first-order valence-corrected chi connectivity index (χ1v) is 5.88. The second-order valence-corrected chi connectivity index (χ2v) is 4.74. The van der Waals surface area contributed by atoms with Crippen molar-refractivity contribution in [2.24, 2.45) is 5.92 Å². The van der Waals surface area contributed by atoms with Crippen LogP contribution in [0.2, 0.25) is 0 Å². The number of nitrogens with zero attached hydrogens (tertiary/aromatic N) is 1. The molecule has 0 aliphatic rings. The summed E-state index contributed by atoms with van der Waals surface area (Å²) >= 11 is 0. The van der Waals surface area contributed by atoms with E-state index in [1.165, 1.54) is 5.56 Å². The second-order valence-electron chi connectivity index (χ2n) is 4.74. The van der Waals surface area contributed by atoms with Crippen molar-refractivity contribution in [3.05, 3.63) is 41.7 Å². The van der Waals surface area contributed by atoms with Crippen molar-refractivity contribution >= 4 is 12.4 Å². The van der Waals surface area contributed by atoms with E-state index in [0.717, 1.165) is 17.1 Å². The predicted molar refractivity (Wildman–Crippen MR) is 75.8 cm³/mol. The lowest BCUT2D eigenvalue weighted by Gasteiger charge is -2.11. The van der Waals surface area contributed by atoms with Gasteiger partial charge in [-0.3, -0.25) is 0 Å². The molecule has 4 heteroatoms. The van der Waals surface area contributed by atoms with Gasteiger partial charge in [-0.25, -0.2) is 4.98 Å². The van der Waals surface area contributed by atoms with Gasteiger partial charge >= 0.3 is 0 Å². The van der Waals surface area contributed by atoms with E-state index in [4.69, 9.17) is 0 Å². The number of H-pyrrole nitrogens is 1. The van der Waals surface area contributed by atoms with Crippen LogP contribution in [0.1, 0.15) is 31.2 Å². The predicted octanol–water partition coefficient (Wildman–Crippen LogP) is 3.50. The summed E-state index contributed by atoms with van der Waals surface area (Å²) in [6, 6.07) is 8.16. The lowest BCUT2D eigenvalue weighted by molar-refractivity contribution is 0.123. The third kappa shape index (κ3) is 3.12. The molecule has 1 unspecified atom stereocenters. The maximum absolute atomic E-state index is 9.93. The molecule has 3 nitrogen and oxygen atoms in total. The minimum atomic E-state index is -0.485. The molecule has 1 heterocycles. The highest BCUT2D eigenvalue weighted by Gasteiger charge is 2.14. The molecule has 1 atom stereocenters. The quantitative estimate of drug-likeness (QED) is 0.893. The minimum Gasteiger partial charge on any atom is -0.387 e. The molecule has 2 N–H and O–H groups in total. The number of aromatic amines is 1. The summed E-state index contributed by atoms with van der Waals surface area (Å²) in [6.45, 7) is 6.02. The Morgan fingerprint density at radius 3 is 2.33 bits per heavy atom. The van der Waals surface area contributed by atoms with Gasteiger partial charge in [-0.2, -0.15) is 0 Å². The van der Waals surface area contributed by atoms with E-state index in [2.05, 4.69) is 29.0 Å². The Kier molecular flexibility index (Phi) is 4.93. The van der Waals surface area contributed by atoms with E-state index in [1.54, 1.807) is 6.20 Å². The largest absolute Gasteiger partial charge is 0.387 e. The number of imidazole rings is 1. The van der Waals surface area contributed by atoms with E-state index in [0.29, 0.717) is 0 Å². The van der Waals surface area contributed by atoms with Crippen molar-refractivity contribution in [3.63, 3.8) is 0 Å². The van der Waals surface area contributed by atoms with Crippen molar-refractivity contribution in [1.29, 1.82) is 0 Å². The van der Waals surface area contributed by atoms with E-state index in [-0.39, 0.29) is 18.3 Å². The van der Waals surface area contributed by atoms with Gasteiger partial charge in [0.2, 0.25) is 0 Å². The summed E-state index contributed by atoms with van der Waals surface area (Å²) < 4.78 is 0. The Hall–Kier alpha value is -1.32. The molecule has 0 aliphatic carbocycles. The number of rotatable bonds is 3. The van der Waals surface area contributed by atoms with Crippen LogP contribution in [0.15, 0.2) is 30.5 Å². The molecule has 0 amide bonds. The molecule has 18 heavy (non-hydrogen) atoms. The maximum Gasteiger partial charge on any atom is 0.137 e. The minimum absolute atomic E-state index is 0. The molecule has 0 spiro atoms. The number of halogens is 1. The number of nitrogens with one attached hydrogen (secondary N) is 1. The third-order valence-electron chi connectivity index (χ3n) is 2.87. The van der Waals surface area contributed by atoms with Crippen LogP contribution in [-0.2, 0) is 0 Å². The fourth-order valence-electron chi connectivity index (χ4n) is 1.70. The average molecular weight is 267 g/mol. The highest BCUT2D eigenvalue weighted by atomic mass is 35.5. The molecule has 98 valence electrons. The average Bonchev–Trinajstić information content (AvgIpc) is 2.78. The number of aliphatic hydroxyl groups excluding tert-OH is 1. The monoisotopic (exact) mass is 266 g/mol. The van der Waals surface area contributed by atoms with Crippen LogP contribution in [0.25, 0.3) is 11.4 Å². The van der Waals surface area contributed by atoms with Gasteiger partial charge in [-0.1, -0.05) is 43.7 Å². The van der Waals surface area contributed by atoms with Crippen molar-refractivity contribution in [1.82, 2.24) is 9.97 Å². The molecule has 0 radical (unpaired) electrons. The number of hydrogen-bond acceptors (Lipinski definition) is 2. The van der Waals surface area contributed by atoms with Crippen LogP contribution < -0.4 is 0 Å². The zero-order valence-electron chi connectivity index (χ0n) is 10.8. The van der Waals surface area contributed by atoms with Gasteiger partial charge in [-0.15, -0.1) is 12.4 Å². The molecule has 0 fully saturated rings. The number of aromatic nitrogens is 2. The van der Waals surface area contributed by atoms with Crippen LogP contribution in [0.4, 0.5) is 0 Å². The van der Waals surface area contributed by atoms with Crippen LogP contribution in [0.5, 0.6) is 0 Å². The second kappa shape index (κ2) is 6.03. The Bertz CT molecular complexity index is 491. The van der Waals surface area contributed by atoms with Gasteiger partial charge in [0.05, 0.1) is 18.0 Å². The lowest BCUT2D eigenvalue weighted by Crippen LogP contribution is -2.05. The molecular formula is C14H19ClN2O. The standard InChI is InChI=1S/C14H18N2O.ClH/c1-9(2)13(17)12-8-15-14(16-12)11-6-4-10(3)5-7-11;/h4-9,13,17H,1-3H3,(H,15,16);1H. The zero-order valence-corrected chi connectivity index (χ0v) is 11.7. The molecule has 1 aromatic carbocycles. The molecule has 0 aliphatic heterocycles. The van der Waals surface area contributed by atoms with Crippen molar-refractivity contribution < 1.29 is 5.11 Å². The molecule has 1 aromatic heterocycles. The van der Waals surface area contributed by atoms with E-state index in [1.807, 2.05) is 26.0 Å². The smallest absolute Gasteiger partial charge is 0.137 e. The molecule has 0 saturated heterocycles. The van der Waals surface area contributed by atoms with Gasteiger partial charge < -0.3 is 10.1 Å². The summed E-state index contributed by atoms with van der Waals surface area (Å²) in [5.41, 5.74) is 3.04. The van der Waals surface area contributed by atoms with Crippen molar-refractivity contribution in [2.45, 2.75) is 26.9 Å². The topological polar surface area (TPSA) is 48.9 Å². The van der Waals surface area contributed by atoms with Crippen LogP contribution in [0.3, 0.4) is 0 Å². The Balaban J connectivity index is 0.00000162. The van der Waals surface area contributed by atoms with Gasteiger partial charge in [0, 0.05) is 5.56 Å².